The first-order valence-electron chi connectivity index (χ1n) is 7.14. The molecule has 0 spiro atoms. The fourth-order valence-corrected chi connectivity index (χ4v) is 2.65. The van der Waals surface area contributed by atoms with E-state index in [-0.39, 0.29) is 17.2 Å². The summed E-state index contributed by atoms with van der Waals surface area (Å²) in [5, 5.41) is 12.0. The predicted molar refractivity (Wildman–Crippen MR) is 76.3 cm³/mol. The van der Waals surface area contributed by atoms with Crippen LogP contribution in [0.25, 0.3) is 0 Å². The molecule has 2 unspecified atom stereocenters. The topological polar surface area (TPSA) is 56.1 Å². The largest absolute Gasteiger partial charge is 0.354 e. The van der Waals surface area contributed by atoms with Crippen LogP contribution in [-0.2, 0) is 4.79 Å². The van der Waals surface area contributed by atoms with E-state index >= 15 is 0 Å². The molecular formula is C15H27N3O. The zero-order valence-electron chi connectivity index (χ0n) is 12.9. The third-order valence-corrected chi connectivity index (χ3v) is 4.30. The second-order valence-corrected chi connectivity index (χ2v) is 6.81. The number of nitriles is 1. The summed E-state index contributed by atoms with van der Waals surface area (Å²) in [6.45, 7) is 11.1. The number of hydrogen-bond donors (Lipinski definition) is 1. The molecule has 1 aliphatic rings. The van der Waals surface area contributed by atoms with Gasteiger partial charge in [-0.3, -0.25) is 4.79 Å². The van der Waals surface area contributed by atoms with Gasteiger partial charge in [0.1, 0.15) is 5.92 Å². The number of likely N-dealkylation sites (tertiary alicyclic amines) is 1. The first-order valence-corrected chi connectivity index (χ1v) is 7.14. The number of carbonyl (C=O) groups excluding carboxylic acids is 1. The summed E-state index contributed by atoms with van der Waals surface area (Å²) in [6.07, 6.45) is 1.19. The summed E-state index contributed by atoms with van der Waals surface area (Å²) >= 11 is 0. The van der Waals surface area contributed by atoms with Crippen LogP contribution in [0, 0.1) is 34.5 Å². The Labute approximate surface area is 117 Å². The van der Waals surface area contributed by atoms with Gasteiger partial charge < -0.3 is 10.2 Å². The molecule has 0 aromatic carbocycles. The molecule has 0 aromatic heterocycles. The van der Waals surface area contributed by atoms with Crippen LogP contribution in [-0.4, -0.2) is 37.5 Å². The summed E-state index contributed by atoms with van der Waals surface area (Å²) < 4.78 is 0. The Balaban J connectivity index is 2.51. The molecule has 0 aromatic rings. The molecule has 2 atom stereocenters. The van der Waals surface area contributed by atoms with Crippen molar-refractivity contribution in [3.63, 3.8) is 0 Å². The molecule has 0 radical (unpaired) electrons. The number of nitrogens with zero attached hydrogens (tertiary/aromatic N) is 2. The van der Waals surface area contributed by atoms with E-state index in [1.54, 1.807) is 0 Å². The van der Waals surface area contributed by atoms with Crippen molar-refractivity contribution in [3.8, 4) is 6.07 Å². The third-order valence-electron chi connectivity index (χ3n) is 4.30. The minimum absolute atomic E-state index is 0.0609. The van der Waals surface area contributed by atoms with Crippen LogP contribution in [0.5, 0.6) is 0 Å². The minimum Gasteiger partial charge on any atom is -0.354 e. The maximum Gasteiger partial charge on any atom is 0.237 e. The summed E-state index contributed by atoms with van der Waals surface area (Å²) in [5.74, 6) is 0.00194. The van der Waals surface area contributed by atoms with Crippen molar-refractivity contribution in [1.29, 1.82) is 5.26 Å². The van der Waals surface area contributed by atoms with Gasteiger partial charge in [-0.1, -0.05) is 27.7 Å². The van der Waals surface area contributed by atoms with Crippen molar-refractivity contribution in [2.45, 2.75) is 34.1 Å². The third kappa shape index (κ3) is 4.21. The Morgan fingerprint density at radius 3 is 2.58 bits per heavy atom. The van der Waals surface area contributed by atoms with Gasteiger partial charge >= 0.3 is 0 Å². The van der Waals surface area contributed by atoms with E-state index < -0.39 is 5.92 Å². The highest BCUT2D eigenvalue weighted by molar-refractivity contribution is 5.81. The van der Waals surface area contributed by atoms with Crippen LogP contribution in [0.4, 0.5) is 0 Å². The smallest absolute Gasteiger partial charge is 0.237 e. The molecule has 0 saturated carbocycles. The van der Waals surface area contributed by atoms with E-state index in [0.29, 0.717) is 12.5 Å². The van der Waals surface area contributed by atoms with Crippen LogP contribution in [0.3, 0.4) is 0 Å². The SMILES string of the molecule is CC(C)C(C#N)C(=O)NCC(C)(C)C1CCN(C)C1. The van der Waals surface area contributed by atoms with Gasteiger partial charge in [0.05, 0.1) is 6.07 Å². The average molecular weight is 265 g/mol. The average Bonchev–Trinajstić information content (AvgIpc) is 2.74. The Morgan fingerprint density at radius 2 is 2.16 bits per heavy atom. The zero-order chi connectivity index (χ0) is 14.6. The molecule has 108 valence electrons. The number of carbonyl (C=O) groups is 1. The standard InChI is InChI=1S/C15H27N3O/c1-11(2)13(8-16)14(19)17-10-15(3,4)12-6-7-18(5)9-12/h11-13H,6-7,9-10H2,1-5H3,(H,17,19). The Bertz CT molecular complexity index is 357. The van der Waals surface area contributed by atoms with E-state index in [1.165, 1.54) is 6.42 Å². The lowest BCUT2D eigenvalue weighted by atomic mass is 9.78. The van der Waals surface area contributed by atoms with Gasteiger partial charge in [-0.2, -0.15) is 5.26 Å². The van der Waals surface area contributed by atoms with Gasteiger partial charge in [0, 0.05) is 13.1 Å². The minimum atomic E-state index is -0.540. The monoisotopic (exact) mass is 265 g/mol. The summed E-state index contributed by atoms with van der Waals surface area (Å²) in [6, 6.07) is 2.09. The Kier molecular flexibility index (Phi) is 5.37. The van der Waals surface area contributed by atoms with Gasteiger partial charge in [0.25, 0.3) is 0 Å². The van der Waals surface area contributed by atoms with Crippen molar-refractivity contribution in [2.24, 2.45) is 23.2 Å². The summed E-state index contributed by atoms with van der Waals surface area (Å²) in [5.41, 5.74) is 0.0808. The van der Waals surface area contributed by atoms with Crippen molar-refractivity contribution in [3.05, 3.63) is 0 Å². The van der Waals surface area contributed by atoms with Crippen molar-refractivity contribution < 1.29 is 4.79 Å². The maximum atomic E-state index is 12.0. The van der Waals surface area contributed by atoms with Crippen LogP contribution in [0.2, 0.25) is 0 Å². The number of hydrogen-bond acceptors (Lipinski definition) is 3. The molecule has 1 amide bonds. The molecule has 0 aliphatic carbocycles. The van der Waals surface area contributed by atoms with Crippen LogP contribution >= 0.6 is 0 Å². The first kappa shape index (κ1) is 16.0. The normalized spacial score (nSPS) is 22.3. The molecule has 1 fully saturated rings. The van der Waals surface area contributed by atoms with Gasteiger partial charge in [-0.25, -0.2) is 0 Å². The first-order chi connectivity index (χ1) is 8.77. The molecule has 0 bridgehead atoms. The van der Waals surface area contributed by atoms with Crippen molar-refractivity contribution in [2.75, 3.05) is 26.7 Å². The van der Waals surface area contributed by atoms with Gasteiger partial charge in [-0.15, -0.1) is 0 Å². The summed E-state index contributed by atoms with van der Waals surface area (Å²) in [7, 11) is 2.14. The molecule has 1 heterocycles. The Hall–Kier alpha value is -1.08. The van der Waals surface area contributed by atoms with Gasteiger partial charge in [0.15, 0.2) is 0 Å². The second-order valence-electron chi connectivity index (χ2n) is 6.81. The van der Waals surface area contributed by atoms with E-state index in [0.717, 1.165) is 13.1 Å². The van der Waals surface area contributed by atoms with Crippen LogP contribution < -0.4 is 5.32 Å². The lowest BCUT2D eigenvalue weighted by Gasteiger charge is -2.32. The summed E-state index contributed by atoms with van der Waals surface area (Å²) in [4.78, 5) is 14.3. The van der Waals surface area contributed by atoms with E-state index in [4.69, 9.17) is 5.26 Å². The highest BCUT2D eigenvalue weighted by Gasteiger charge is 2.34. The number of rotatable bonds is 5. The molecule has 1 N–H and O–H groups in total. The Morgan fingerprint density at radius 1 is 1.53 bits per heavy atom. The highest BCUT2D eigenvalue weighted by Crippen LogP contribution is 2.33. The molecule has 1 aliphatic heterocycles. The lowest BCUT2D eigenvalue weighted by molar-refractivity contribution is -0.125. The highest BCUT2D eigenvalue weighted by atomic mass is 16.1. The molecule has 4 nitrogen and oxygen atoms in total. The van der Waals surface area contributed by atoms with Crippen molar-refractivity contribution in [1.82, 2.24) is 10.2 Å². The fourth-order valence-electron chi connectivity index (χ4n) is 2.65. The van der Waals surface area contributed by atoms with Gasteiger partial charge in [0.2, 0.25) is 5.91 Å². The van der Waals surface area contributed by atoms with Crippen LogP contribution in [0.15, 0.2) is 0 Å². The van der Waals surface area contributed by atoms with Gasteiger partial charge in [-0.05, 0) is 37.3 Å². The van der Waals surface area contributed by atoms with E-state index in [9.17, 15) is 4.79 Å². The number of nitrogens with one attached hydrogen (secondary N) is 1. The lowest BCUT2D eigenvalue weighted by Crippen LogP contribution is -2.42. The van der Waals surface area contributed by atoms with E-state index in [1.807, 2.05) is 13.8 Å². The molecule has 1 rings (SSSR count). The van der Waals surface area contributed by atoms with Crippen molar-refractivity contribution >= 4 is 5.91 Å². The molecular weight excluding hydrogens is 238 g/mol. The number of amides is 1. The quantitative estimate of drug-likeness (QED) is 0.825. The molecule has 1 saturated heterocycles. The zero-order valence-corrected chi connectivity index (χ0v) is 12.9. The molecule has 4 heteroatoms. The van der Waals surface area contributed by atoms with E-state index in [2.05, 4.69) is 37.2 Å². The fraction of sp³-hybridized carbons (Fsp3) is 0.867. The molecule has 19 heavy (non-hydrogen) atoms. The maximum absolute atomic E-state index is 12.0. The predicted octanol–water partition coefficient (Wildman–Crippen LogP) is 1.88. The second kappa shape index (κ2) is 6.38. The van der Waals surface area contributed by atoms with Crippen LogP contribution in [0.1, 0.15) is 34.1 Å².